The van der Waals surface area contributed by atoms with Gasteiger partial charge in [-0.05, 0) is 0 Å². The van der Waals surface area contributed by atoms with Crippen molar-refractivity contribution in [2.75, 3.05) is 0 Å². The molecule has 0 bridgehead atoms. The molecular formula is C20H14AsI. The van der Waals surface area contributed by atoms with Crippen LogP contribution in [-0.4, -0.2) is 11.3 Å². The Hall–Kier alpha value is -1.31. The fourth-order valence-corrected chi connectivity index (χ4v) is 10.5. The van der Waals surface area contributed by atoms with Gasteiger partial charge < -0.3 is 0 Å². The predicted octanol–water partition coefficient (Wildman–Crippen LogP) is 4.53. The molecule has 22 heavy (non-hydrogen) atoms. The van der Waals surface area contributed by atoms with Gasteiger partial charge in [-0.1, -0.05) is 0 Å². The fourth-order valence-electron chi connectivity index (χ4n) is 2.89. The van der Waals surface area contributed by atoms with Gasteiger partial charge >= 0.3 is 147 Å². The van der Waals surface area contributed by atoms with E-state index in [-0.39, 0.29) is 0 Å². The normalized spacial score (nSPS) is 11.4. The Bertz CT molecular complexity index is 872. The van der Waals surface area contributed by atoms with Crippen LogP contribution in [0.15, 0.2) is 84.9 Å². The summed E-state index contributed by atoms with van der Waals surface area (Å²) in [6.07, 6.45) is 0. The van der Waals surface area contributed by atoms with E-state index in [0.717, 1.165) is 0 Å². The van der Waals surface area contributed by atoms with Crippen molar-refractivity contribution in [3.05, 3.63) is 84.9 Å². The second kappa shape index (κ2) is 6.06. The molecule has 106 valence electrons. The molecule has 0 saturated carbocycles. The van der Waals surface area contributed by atoms with E-state index in [9.17, 15) is 0 Å². The minimum absolute atomic E-state index is 1.33. The van der Waals surface area contributed by atoms with E-state index in [4.69, 9.17) is 0 Å². The number of benzene rings is 4. The third-order valence-corrected chi connectivity index (χ3v) is 12.8. The summed E-state index contributed by atoms with van der Waals surface area (Å²) in [4.78, 5) is 0. The van der Waals surface area contributed by atoms with Crippen molar-refractivity contribution in [1.29, 1.82) is 0 Å². The first-order valence-electron chi connectivity index (χ1n) is 7.26. The molecule has 0 heterocycles. The third kappa shape index (κ3) is 2.47. The minimum atomic E-state index is -1.33. The molecule has 0 aliphatic carbocycles. The number of rotatable bonds is 2. The van der Waals surface area contributed by atoms with Crippen LogP contribution >= 0.6 is 20.1 Å². The number of hydrogen-bond acceptors (Lipinski definition) is 0. The SMILES string of the molecule is I[As](c1cccc2ccccc12)c1cccc2ccccc12. The monoisotopic (exact) mass is 456 g/mol. The maximum atomic E-state index is 2.72. The Kier molecular flexibility index (Phi) is 3.94. The van der Waals surface area contributed by atoms with Gasteiger partial charge in [-0.15, -0.1) is 0 Å². The van der Waals surface area contributed by atoms with Crippen LogP contribution in [-0.2, 0) is 0 Å². The van der Waals surface area contributed by atoms with Crippen molar-refractivity contribution in [2.24, 2.45) is 0 Å². The summed E-state index contributed by atoms with van der Waals surface area (Å²) in [5.41, 5.74) is 0. The Balaban J connectivity index is 1.94. The molecule has 0 aliphatic rings. The van der Waals surface area contributed by atoms with Crippen molar-refractivity contribution in [2.45, 2.75) is 0 Å². The second-order valence-corrected chi connectivity index (χ2v) is 13.5. The molecule has 0 atom stereocenters. The summed E-state index contributed by atoms with van der Waals surface area (Å²) in [5, 5.41) is 5.51. The molecule has 2 heteroatoms. The van der Waals surface area contributed by atoms with Crippen LogP contribution in [0, 0.1) is 0 Å². The van der Waals surface area contributed by atoms with Crippen LogP contribution in [0.3, 0.4) is 0 Å². The first-order chi connectivity index (χ1) is 10.8. The molecule has 0 N–H and O–H groups in total. The van der Waals surface area contributed by atoms with Crippen molar-refractivity contribution >= 4 is 61.7 Å². The number of hydrogen-bond donors (Lipinski definition) is 0. The van der Waals surface area contributed by atoms with Crippen LogP contribution in [0.25, 0.3) is 21.5 Å². The van der Waals surface area contributed by atoms with Gasteiger partial charge in [-0.3, -0.25) is 0 Å². The zero-order valence-corrected chi connectivity index (χ0v) is 15.9. The molecule has 0 spiro atoms. The first-order valence-corrected chi connectivity index (χ1v) is 14.9. The molecule has 4 aromatic rings. The van der Waals surface area contributed by atoms with Gasteiger partial charge in [-0.2, -0.15) is 0 Å². The van der Waals surface area contributed by atoms with E-state index in [1.54, 1.807) is 0 Å². The summed E-state index contributed by atoms with van der Waals surface area (Å²) in [5.74, 6) is 0. The molecule has 0 fully saturated rings. The van der Waals surface area contributed by atoms with E-state index in [2.05, 4.69) is 105 Å². The molecule has 0 saturated heterocycles. The molecule has 0 nitrogen and oxygen atoms in total. The Morgan fingerprint density at radius 3 is 1.41 bits per heavy atom. The van der Waals surface area contributed by atoms with E-state index < -0.39 is 11.3 Å². The van der Waals surface area contributed by atoms with Gasteiger partial charge in [0, 0.05) is 0 Å². The van der Waals surface area contributed by atoms with Gasteiger partial charge in [-0.25, -0.2) is 0 Å². The zero-order chi connectivity index (χ0) is 14.9. The van der Waals surface area contributed by atoms with Crippen LogP contribution in [0.4, 0.5) is 0 Å². The third-order valence-electron chi connectivity index (χ3n) is 3.96. The first kappa shape index (κ1) is 14.3. The van der Waals surface area contributed by atoms with E-state index in [1.807, 2.05) is 0 Å². The van der Waals surface area contributed by atoms with E-state index in [1.165, 1.54) is 30.2 Å². The second-order valence-electron chi connectivity index (χ2n) is 5.28. The van der Waals surface area contributed by atoms with Crippen molar-refractivity contribution in [1.82, 2.24) is 0 Å². The molecule has 0 unspecified atom stereocenters. The summed E-state index contributed by atoms with van der Waals surface area (Å²) < 4.78 is 3.06. The number of halogens is 1. The Labute approximate surface area is 146 Å². The predicted molar refractivity (Wildman–Crippen MR) is 107 cm³/mol. The van der Waals surface area contributed by atoms with Crippen LogP contribution in [0.2, 0.25) is 0 Å². The molecule has 0 aromatic heterocycles. The standard InChI is InChI=1S/C20H14AsI/c22-21(19-13-5-9-15-7-1-3-11-17(15)19)20-14-6-10-16-8-2-4-12-18(16)20/h1-14H. The van der Waals surface area contributed by atoms with Crippen molar-refractivity contribution in [3.8, 4) is 0 Å². The maximum absolute atomic E-state index is 2.72. The van der Waals surface area contributed by atoms with Crippen molar-refractivity contribution in [3.63, 3.8) is 0 Å². The van der Waals surface area contributed by atoms with E-state index >= 15 is 0 Å². The van der Waals surface area contributed by atoms with E-state index in [0.29, 0.717) is 0 Å². The summed E-state index contributed by atoms with van der Waals surface area (Å²) >= 11 is 1.39. The molecule has 0 radical (unpaired) electrons. The van der Waals surface area contributed by atoms with Crippen LogP contribution in [0.1, 0.15) is 0 Å². The molecule has 0 aliphatic heterocycles. The number of fused-ring (bicyclic) bond motifs is 2. The summed E-state index contributed by atoms with van der Waals surface area (Å²) in [6, 6.07) is 30.9. The van der Waals surface area contributed by atoms with Gasteiger partial charge in [0.2, 0.25) is 0 Å². The van der Waals surface area contributed by atoms with Crippen LogP contribution < -0.4 is 8.70 Å². The molecular weight excluding hydrogens is 442 g/mol. The fraction of sp³-hybridized carbons (Fsp3) is 0. The zero-order valence-electron chi connectivity index (χ0n) is 11.9. The average molecular weight is 456 g/mol. The van der Waals surface area contributed by atoms with Crippen LogP contribution in [0.5, 0.6) is 0 Å². The Morgan fingerprint density at radius 2 is 0.909 bits per heavy atom. The van der Waals surface area contributed by atoms with Gasteiger partial charge in [0.05, 0.1) is 0 Å². The molecule has 4 aromatic carbocycles. The Morgan fingerprint density at radius 1 is 0.500 bits per heavy atom. The quantitative estimate of drug-likeness (QED) is 0.307. The van der Waals surface area contributed by atoms with Gasteiger partial charge in [0.1, 0.15) is 0 Å². The molecule has 4 rings (SSSR count). The topological polar surface area (TPSA) is 0 Å². The van der Waals surface area contributed by atoms with Gasteiger partial charge in [0.25, 0.3) is 0 Å². The summed E-state index contributed by atoms with van der Waals surface area (Å²) in [6.45, 7) is 0. The average Bonchev–Trinajstić information content (AvgIpc) is 2.60. The van der Waals surface area contributed by atoms with Gasteiger partial charge in [0.15, 0.2) is 0 Å². The van der Waals surface area contributed by atoms with Crippen molar-refractivity contribution < 1.29 is 0 Å². The molecule has 0 amide bonds. The summed E-state index contributed by atoms with van der Waals surface area (Å²) in [7, 11) is 0.